The first-order valence-corrected chi connectivity index (χ1v) is 5.29. The summed E-state index contributed by atoms with van der Waals surface area (Å²) in [5.74, 6) is -1.61. The predicted octanol–water partition coefficient (Wildman–Crippen LogP) is 0.00780. The molecule has 0 unspecified atom stereocenters. The molecule has 0 saturated heterocycles. The van der Waals surface area contributed by atoms with Crippen LogP contribution in [0.3, 0.4) is 0 Å². The quantitative estimate of drug-likeness (QED) is 0.667. The molecular weight excluding hydrogens is 228 g/mol. The molecule has 0 aliphatic rings. The summed E-state index contributed by atoms with van der Waals surface area (Å²) in [6.45, 7) is 3.26. The molecular formula is C10H18N2O5. The van der Waals surface area contributed by atoms with Gasteiger partial charge < -0.3 is 19.6 Å². The van der Waals surface area contributed by atoms with Crippen LogP contribution in [0.25, 0.3) is 0 Å². The van der Waals surface area contributed by atoms with Gasteiger partial charge in [-0.05, 0) is 13.8 Å². The number of likely N-dealkylation sites (N-methyl/N-ethyl adjacent to an activating group) is 2. The van der Waals surface area contributed by atoms with Crippen molar-refractivity contribution >= 4 is 18.0 Å². The number of esters is 1. The number of rotatable bonds is 6. The van der Waals surface area contributed by atoms with Crippen LogP contribution in [0.1, 0.15) is 13.8 Å². The van der Waals surface area contributed by atoms with E-state index in [2.05, 4.69) is 4.74 Å². The fraction of sp³-hybridized carbons (Fsp3) is 0.700. The van der Waals surface area contributed by atoms with Crippen LogP contribution in [0.4, 0.5) is 4.79 Å². The Morgan fingerprint density at radius 1 is 1.18 bits per heavy atom. The minimum Gasteiger partial charge on any atom is -0.480 e. The van der Waals surface area contributed by atoms with E-state index in [4.69, 9.17) is 5.11 Å². The molecule has 0 heterocycles. The molecule has 0 aliphatic carbocycles. The number of carboxylic acids is 1. The predicted molar refractivity (Wildman–Crippen MR) is 59.5 cm³/mol. The third-order valence-corrected chi connectivity index (χ3v) is 1.98. The Kier molecular flexibility index (Phi) is 6.69. The van der Waals surface area contributed by atoms with Gasteiger partial charge >= 0.3 is 18.0 Å². The number of hydrogen-bond acceptors (Lipinski definition) is 4. The molecule has 0 fully saturated rings. The van der Waals surface area contributed by atoms with E-state index in [9.17, 15) is 14.4 Å². The molecule has 2 amide bonds. The molecule has 98 valence electrons. The first-order valence-electron chi connectivity index (χ1n) is 5.29. The average molecular weight is 246 g/mol. The zero-order valence-corrected chi connectivity index (χ0v) is 10.3. The molecule has 7 heteroatoms. The first kappa shape index (κ1) is 15.2. The van der Waals surface area contributed by atoms with Gasteiger partial charge in [-0.15, -0.1) is 0 Å². The highest BCUT2D eigenvalue weighted by molar-refractivity contribution is 5.83. The fourth-order valence-electron chi connectivity index (χ4n) is 1.19. The molecule has 7 nitrogen and oxygen atoms in total. The first-order chi connectivity index (χ1) is 7.92. The second-order valence-corrected chi connectivity index (χ2v) is 3.35. The van der Waals surface area contributed by atoms with Gasteiger partial charge in [0.25, 0.3) is 0 Å². The van der Waals surface area contributed by atoms with Crippen molar-refractivity contribution in [1.82, 2.24) is 9.80 Å². The lowest BCUT2D eigenvalue weighted by Gasteiger charge is -2.25. The van der Waals surface area contributed by atoms with Crippen molar-refractivity contribution in [2.75, 3.05) is 33.3 Å². The van der Waals surface area contributed by atoms with Crippen molar-refractivity contribution in [1.29, 1.82) is 0 Å². The lowest BCUT2D eigenvalue weighted by atomic mass is 10.5. The summed E-state index contributed by atoms with van der Waals surface area (Å²) in [6, 6.07) is -0.511. The molecule has 0 aromatic heterocycles. The third-order valence-electron chi connectivity index (χ3n) is 1.98. The van der Waals surface area contributed by atoms with Gasteiger partial charge in [0.05, 0.1) is 6.61 Å². The molecule has 1 N–H and O–H groups in total. The zero-order valence-electron chi connectivity index (χ0n) is 10.3. The Bertz CT molecular complexity index is 292. The Hall–Kier alpha value is -1.79. The van der Waals surface area contributed by atoms with Crippen molar-refractivity contribution < 1.29 is 24.2 Å². The summed E-state index contributed by atoms with van der Waals surface area (Å²) in [6.07, 6.45) is 0. The van der Waals surface area contributed by atoms with E-state index >= 15 is 0 Å². The van der Waals surface area contributed by atoms with Gasteiger partial charge in [-0.1, -0.05) is 0 Å². The molecule has 0 aromatic carbocycles. The second kappa shape index (κ2) is 7.48. The molecule has 0 aliphatic heterocycles. The van der Waals surface area contributed by atoms with Crippen LogP contribution in [-0.2, 0) is 14.3 Å². The highest BCUT2D eigenvalue weighted by Crippen LogP contribution is 1.97. The van der Waals surface area contributed by atoms with Gasteiger partial charge in [0.15, 0.2) is 0 Å². The lowest BCUT2D eigenvalue weighted by Crippen LogP contribution is -2.45. The van der Waals surface area contributed by atoms with Crippen molar-refractivity contribution in [2.24, 2.45) is 0 Å². The van der Waals surface area contributed by atoms with Crippen molar-refractivity contribution in [3.8, 4) is 0 Å². The normalized spacial score (nSPS) is 9.59. The smallest absolute Gasteiger partial charge is 0.325 e. The van der Waals surface area contributed by atoms with Gasteiger partial charge in [0.1, 0.15) is 13.1 Å². The second-order valence-electron chi connectivity index (χ2n) is 3.35. The number of carbonyl (C=O) groups is 3. The van der Waals surface area contributed by atoms with Crippen LogP contribution < -0.4 is 0 Å². The highest BCUT2D eigenvalue weighted by Gasteiger charge is 2.20. The van der Waals surface area contributed by atoms with E-state index in [1.807, 2.05) is 0 Å². The summed E-state index contributed by atoms with van der Waals surface area (Å²) in [5.41, 5.74) is 0. The topological polar surface area (TPSA) is 87.2 Å². The molecule has 0 atom stereocenters. The van der Waals surface area contributed by atoms with Gasteiger partial charge in [0, 0.05) is 13.6 Å². The lowest BCUT2D eigenvalue weighted by molar-refractivity contribution is -0.143. The van der Waals surface area contributed by atoms with Crippen molar-refractivity contribution in [3.63, 3.8) is 0 Å². The highest BCUT2D eigenvalue weighted by atomic mass is 16.5. The summed E-state index contributed by atoms with van der Waals surface area (Å²) in [7, 11) is 1.42. The Morgan fingerprint density at radius 2 is 1.76 bits per heavy atom. The minimum absolute atomic E-state index is 0.192. The Balaban J connectivity index is 4.35. The molecule has 0 rings (SSSR count). The van der Waals surface area contributed by atoms with E-state index in [-0.39, 0.29) is 26.2 Å². The summed E-state index contributed by atoms with van der Waals surface area (Å²) in [5, 5.41) is 8.61. The number of carboxylic acid groups (broad SMARTS) is 1. The van der Waals surface area contributed by atoms with Gasteiger partial charge in [-0.2, -0.15) is 0 Å². The number of urea groups is 1. The van der Waals surface area contributed by atoms with E-state index in [1.54, 1.807) is 13.8 Å². The SMILES string of the molecule is CCOC(=O)CN(C)C(=O)N(CC)CC(=O)O. The maximum atomic E-state index is 11.7. The third kappa shape index (κ3) is 5.74. The largest absolute Gasteiger partial charge is 0.480 e. The van der Waals surface area contributed by atoms with E-state index in [0.29, 0.717) is 0 Å². The van der Waals surface area contributed by atoms with Gasteiger partial charge in [-0.3, -0.25) is 9.59 Å². The van der Waals surface area contributed by atoms with Gasteiger partial charge in [-0.25, -0.2) is 4.79 Å². The molecule has 0 radical (unpaired) electrons. The zero-order chi connectivity index (χ0) is 13.4. The Morgan fingerprint density at radius 3 is 2.18 bits per heavy atom. The number of aliphatic carboxylic acids is 1. The minimum atomic E-state index is -1.09. The van der Waals surface area contributed by atoms with Crippen LogP contribution in [0, 0.1) is 0 Å². The summed E-state index contributed by atoms with van der Waals surface area (Å²) >= 11 is 0. The summed E-state index contributed by atoms with van der Waals surface area (Å²) < 4.78 is 4.69. The van der Waals surface area contributed by atoms with Crippen LogP contribution in [0.15, 0.2) is 0 Å². The van der Waals surface area contributed by atoms with Gasteiger partial charge in [0.2, 0.25) is 0 Å². The maximum Gasteiger partial charge on any atom is 0.325 e. The number of carbonyl (C=O) groups excluding carboxylic acids is 2. The molecule has 0 bridgehead atoms. The molecule has 0 saturated carbocycles. The van der Waals surface area contributed by atoms with Crippen LogP contribution >= 0.6 is 0 Å². The molecule has 17 heavy (non-hydrogen) atoms. The van der Waals surface area contributed by atoms with Crippen LogP contribution in [0.5, 0.6) is 0 Å². The standard InChI is InChI=1S/C10H18N2O5/c1-4-12(6-8(13)14)10(16)11(3)7-9(15)17-5-2/h4-7H2,1-3H3,(H,13,14). The number of ether oxygens (including phenoxy) is 1. The van der Waals surface area contributed by atoms with Crippen molar-refractivity contribution in [2.45, 2.75) is 13.8 Å². The molecule has 0 spiro atoms. The molecule has 0 aromatic rings. The summed E-state index contributed by atoms with van der Waals surface area (Å²) in [4.78, 5) is 35.6. The number of hydrogen-bond donors (Lipinski definition) is 1. The van der Waals surface area contributed by atoms with Crippen molar-refractivity contribution in [3.05, 3.63) is 0 Å². The van der Waals surface area contributed by atoms with Crippen LogP contribution in [-0.4, -0.2) is 66.2 Å². The van der Waals surface area contributed by atoms with E-state index in [0.717, 1.165) is 9.80 Å². The van der Waals surface area contributed by atoms with Crippen LogP contribution in [0.2, 0.25) is 0 Å². The maximum absolute atomic E-state index is 11.7. The van der Waals surface area contributed by atoms with E-state index < -0.39 is 18.0 Å². The number of nitrogens with zero attached hydrogens (tertiary/aromatic N) is 2. The monoisotopic (exact) mass is 246 g/mol. The average Bonchev–Trinajstić information content (AvgIpc) is 2.24. The number of amides is 2. The van der Waals surface area contributed by atoms with E-state index in [1.165, 1.54) is 7.05 Å². The fourth-order valence-corrected chi connectivity index (χ4v) is 1.19. The Labute approximate surface area is 99.9 Å².